The van der Waals surface area contributed by atoms with Gasteiger partial charge < -0.3 is 9.16 Å². The lowest BCUT2D eigenvalue weighted by Gasteiger charge is -2.49. The summed E-state index contributed by atoms with van der Waals surface area (Å²) in [5.74, 6) is 0.617. The van der Waals surface area contributed by atoms with Crippen molar-refractivity contribution in [2.75, 3.05) is 13.7 Å². The third-order valence-electron chi connectivity index (χ3n) is 5.48. The molecule has 0 radical (unpaired) electrons. The average molecular weight is 341 g/mol. The minimum atomic E-state index is -1.60. The fourth-order valence-corrected chi connectivity index (χ4v) is 3.70. The van der Waals surface area contributed by atoms with Gasteiger partial charge in [0.05, 0.1) is 7.11 Å². The molecule has 0 heterocycles. The van der Waals surface area contributed by atoms with Crippen molar-refractivity contribution < 1.29 is 14.0 Å². The molecule has 3 nitrogen and oxygen atoms in total. The first kappa shape index (κ1) is 20.4. The summed E-state index contributed by atoms with van der Waals surface area (Å²) in [6, 6.07) is 0. The highest BCUT2D eigenvalue weighted by Gasteiger charge is 2.26. The van der Waals surface area contributed by atoms with Crippen LogP contribution in [0.3, 0.4) is 0 Å². The van der Waals surface area contributed by atoms with Crippen molar-refractivity contribution in [3.8, 4) is 0 Å². The highest BCUT2D eigenvalue weighted by molar-refractivity contribution is 6.74. The van der Waals surface area contributed by atoms with Gasteiger partial charge in [-0.2, -0.15) is 0 Å². The topological polar surface area (TPSA) is 35.5 Å². The van der Waals surface area contributed by atoms with Gasteiger partial charge in [0, 0.05) is 13.0 Å². The number of hydrogen-bond acceptors (Lipinski definition) is 3. The molecule has 0 spiro atoms. The van der Waals surface area contributed by atoms with Crippen molar-refractivity contribution in [2.45, 2.75) is 83.8 Å². The highest BCUT2D eigenvalue weighted by Crippen LogP contribution is 2.38. The summed E-state index contributed by atoms with van der Waals surface area (Å²) in [5.41, 5.74) is 1.57. The normalized spacial score (nSPS) is 19.6. The average Bonchev–Trinajstić information content (AvgIpc) is 2.49. The van der Waals surface area contributed by atoms with Gasteiger partial charge in [-0.25, -0.2) is 0 Å². The molecular weight excluding hydrogens is 304 g/mol. The Morgan fingerprint density at radius 2 is 1.87 bits per heavy atom. The molecular formula is C19H36O3Si-. The summed E-state index contributed by atoms with van der Waals surface area (Å²) in [7, 11) is -0.152. The number of carbonyl (C=O) groups excluding carboxylic acids is 1. The number of ether oxygens (including phenoxy) is 1. The number of unbranched alkanes of at least 4 members (excludes halogenated alkanes) is 1. The van der Waals surface area contributed by atoms with Crippen LogP contribution in [-0.4, -0.2) is 28.0 Å². The minimum absolute atomic E-state index is 0.102. The highest BCUT2D eigenvalue weighted by atomic mass is 28.4. The predicted molar refractivity (Wildman–Crippen MR) is 99.1 cm³/mol. The van der Waals surface area contributed by atoms with Crippen molar-refractivity contribution in [1.29, 1.82) is 0 Å². The van der Waals surface area contributed by atoms with Crippen molar-refractivity contribution in [2.24, 2.45) is 5.92 Å². The first-order chi connectivity index (χ1) is 10.7. The molecule has 0 aromatic heterocycles. The molecule has 0 saturated heterocycles. The summed E-state index contributed by atoms with van der Waals surface area (Å²) < 4.78 is 11.0. The molecule has 4 heteroatoms. The van der Waals surface area contributed by atoms with E-state index in [-0.39, 0.29) is 5.97 Å². The molecule has 0 aromatic carbocycles. The van der Waals surface area contributed by atoms with Gasteiger partial charge in [-0.05, 0) is 52.8 Å². The van der Waals surface area contributed by atoms with Gasteiger partial charge in [-0.15, -0.1) is 18.1 Å². The Hall–Kier alpha value is -0.613. The quantitative estimate of drug-likeness (QED) is 0.267. The second-order valence-corrected chi connectivity index (χ2v) is 13.2. The standard InChI is InChI=1S/C19H36O3Si/c1-19(2,3)23(5,6)22-15-17-13-11-16(12-14-17)9-7-8-10-18(20)21-4/h9,17H,7-8,10-15H2,1-6H3/q-1. The first-order valence-electron chi connectivity index (χ1n) is 9.04. The molecule has 0 N–H and O–H groups in total. The van der Waals surface area contributed by atoms with Crippen molar-refractivity contribution in [3.05, 3.63) is 11.6 Å². The fraction of sp³-hybridized carbons (Fsp3) is 0.842. The van der Waals surface area contributed by atoms with Crippen LogP contribution >= 0.6 is 0 Å². The van der Waals surface area contributed by atoms with Crippen LogP contribution < -0.4 is 0 Å². The molecule has 23 heavy (non-hydrogen) atoms. The van der Waals surface area contributed by atoms with Crippen LogP contribution in [-0.2, 0) is 14.0 Å². The van der Waals surface area contributed by atoms with Crippen LogP contribution in [0.1, 0.15) is 65.7 Å². The van der Waals surface area contributed by atoms with E-state index in [1.54, 1.807) is 5.57 Å². The summed E-state index contributed by atoms with van der Waals surface area (Å²) in [4.78, 5) is 11.1. The summed E-state index contributed by atoms with van der Waals surface area (Å²) in [6.45, 7) is 12.5. The summed E-state index contributed by atoms with van der Waals surface area (Å²) in [5, 5.41) is 0.298. The van der Waals surface area contributed by atoms with E-state index in [4.69, 9.17) is 4.43 Å². The number of allylic oxidation sites excluding steroid dienone is 2. The number of rotatable bonds is 7. The van der Waals surface area contributed by atoms with Crippen LogP contribution in [0.5, 0.6) is 0 Å². The van der Waals surface area contributed by atoms with Crippen LogP contribution in [0.2, 0.25) is 18.1 Å². The van der Waals surface area contributed by atoms with Gasteiger partial charge in [0.25, 0.3) is 0 Å². The lowest BCUT2D eigenvalue weighted by atomic mass is 9.86. The Morgan fingerprint density at radius 1 is 1.26 bits per heavy atom. The number of methoxy groups -OCH3 is 1. The van der Waals surface area contributed by atoms with E-state index >= 15 is 0 Å². The predicted octanol–water partition coefficient (Wildman–Crippen LogP) is 5.47. The number of esters is 1. The SMILES string of the molecule is COC(=O)CCCC=C1CCC(CO[Si-](C)(C)C(C)(C)C)CC1. The largest absolute Gasteiger partial charge is 0.564 e. The van der Waals surface area contributed by atoms with E-state index in [2.05, 4.69) is 44.7 Å². The fourth-order valence-electron chi connectivity index (χ4n) is 2.62. The molecule has 135 valence electrons. The lowest BCUT2D eigenvalue weighted by molar-refractivity contribution is -0.140. The van der Waals surface area contributed by atoms with Gasteiger partial charge >= 0.3 is 5.97 Å². The monoisotopic (exact) mass is 340 g/mol. The van der Waals surface area contributed by atoms with Gasteiger partial charge in [0.15, 0.2) is 0 Å². The van der Waals surface area contributed by atoms with E-state index < -0.39 is 8.32 Å². The van der Waals surface area contributed by atoms with Gasteiger partial charge in [-0.1, -0.05) is 32.4 Å². The van der Waals surface area contributed by atoms with Crippen molar-refractivity contribution in [1.82, 2.24) is 0 Å². The van der Waals surface area contributed by atoms with E-state index in [9.17, 15) is 4.79 Å². The first-order valence-corrected chi connectivity index (χ1v) is 11.9. The van der Waals surface area contributed by atoms with E-state index in [1.807, 2.05) is 0 Å². The molecule has 1 fully saturated rings. The van der Waals surface area contributed by atoms with Crippen molar-refractivity contribution in [3.63, 3.8) is 0 Å². The van der Waals surface area contributed by atoms with Crippen LogP contribution in [0.4, 0.5) is 0 Å². The van der Waals surface area contributed by atoms with Crippen LogP contribution in [0.25, 0.3) is 0 Å². The Bertz CT molecular complexity index is 397. The molecule has 0 aliphatic heterocycles. The third kappa shape index (κ3) is 7.21. The zero-order valence-corrected chi connectivity index (χ0v) is 17.0. The maximum Gasteiger partial charge on any atom is 0.305 e. The molecule has 1 aliphatic carbocycles. The van der Waals surface area contributed by atoms with E-state index in [0.29, 0.717) is 11.5 Å². The Kier molecular flexibility index (Phi) is 8.02. The third-order valence-corrected chi connectivity index (χ3v) is 9.98. The molecule has 1 saturated carbocycles. The van der Waals surface area contributed by atoms with Crippen LogP contribution in [0, 0.1) is 5.92 Å². The van der Waals surface area contributed by atoms with Gasteiger partial charge in [-0.3, -0.25) is 4.79 Å². The Morgan fingerprint density at radius 3 is 2.39 bits per heavy atom. The number of hydrogen-bond donors (Lipinski definition) is 0. The maximum absolute atomic E-state index is 11.1. The summed E-state index contributed by atoms with van der Waals surface area (Å²) >= 11 is 0. The zero-order chi connectivity index (χ0) is 17.5. The van der Waals surface area contributed by atoms with Gasteiger partial charge in [0.2, 0.25) is 0 Å². The molecule has 1 aliphatic rings. The summed E-state index contributed by atoms with van der Waals surface area (Å²) in [6.07, 6.45) is 9.66. The number of carbonyl (C=O) groups is 1. The Labute approximate surface area is 144 Å². The molecule has 1 rings (SSSR count). The zero-order valence-electron chi connectivity index (χ0n) is 16.0. The second kappa shape index (κ2) is 9.02. The minimum Gasteiger partial charge on any atom is -0.564 e. The second-order valence-electron chi connectivity index (χ2n) is 8.35. The smallest absolute Gasteiger partial charge is 0.305 e. The van der Waals surface area contributed by atoms with Gasteiger partial charge in [0.1, 0.15) is 0 Å². The molecule has 0 amide bonds. The van der Waals surface area contributed by atoms with E-state index in [0.717, 1.165) is 25.4 Å². The van der Waals surface area contributed by atoms with Crippen LogP contribution in [0.15, 0.2) is 11.6 Å². The molecule has 0 atom stereocenters. The van der Waals surface area contributed by atoms with Crippen molar-refractivity contribution >= 4 is 14.3 Å². The maximum atomic E-state index is 11.1. The molecule has 0 aromatic rings. The molecule has 0 unspecified atom stereocenters. The molecule has 0 bridgehead atoms. The lowest BCUT2D eigenvalue weighted by Crippen LogP contribution is -2.42. The Balaban J connectivity index is 2.26. The van der Waals surface area contributed by atoms with E-state index in [1.165, 1.54) is 32.8 Å².